The molecule has 106 valence electrons. The van der Waals surface area contributed by atoms with Gasteiger partial charge in [-0.15, -0.1) is 0 Å². The second-order valence-electron chi connectivity index (χ2n) is 5.81. The summed E-state index contributed by atoms with van der Waals surface area (Å²) in [5, 5.41) is 3.28. The van der Waals surface area contributed by atoms with Crippen molar-refractivity contribution < 1.29 is 4.39 Å². The number of hydrogen-bond acceptors (Lipinski definition) is 1. The highest BCUT2D eigenvalue weighted by Crippen LogP contribution is 2.44. The molecule has 1 saturated carbocycles. The summed E-state index contributed by atoms with van der Waals surface area (Å²) in [5.74, 6) is -0.172. The molecule has 0 unspecified atom stereocenters. The van der Waals surface area contributed by atoms with Crippen LogP contribution in [0.4, 0.5) is 4.39 Å². The molecule has 1 aliphatic carbocycles. The van der Waals surface area contributed by atoms with Crippen molar-refractivity contribution in [1.29, 1.82) is 0 Å². The standard InChI is InChI=1S/C16H23BrFN/c1-19-11-10-16(7-2-3-8-16)9-6-13-4-5-15(18)14(17)12-13/h4-5,12,19H,2-3,6-11H2,1H3. The molecule has 19 heavy (non-hydrogen) atoms. The van der Waals surface area contributed by atoms with E-state index in [1.54, 1.807) is 6.07 Å². The molecule has 1 nitrogen and oxygen atoms in total. The first-order valence-corrected chi connectivity index (χ1v) is 8.03. The Bertz CT molecular complexity index is 413. The van der Waals surface area contributed by atoms with Gasteiger partial charge in [-0.2, -0.15) is 0 Å². The van der Waals surface area contributed by atoms with Gasteiger partial charge in [0.25, 0.3) is 0 Å². The molecule has 3 heteroatoms. The van der Waals surface area contributed by atoms with Gasteiger partial charge in [-0.25, -0.2) is 4.39 Å². The number of hydrogen-bond donors (Lipinski definition) is 1. The summed E-state index contributed by atoms with van der Waals surface area (Å²) in [5.41, 5.74) is 1.76. The van der Waals surface area contributed by atoms with E-state index >= 15 is 0 Å². The zero-order valence-electron chi connectivity index (χ0n) is 11.6. The fraction of sp³-hybridized carbons (Fsp3) is 0.625. The maximum atomic E-state index is 13.2. The third kappa shape index (κ3) is 4.03. The maximum absolute atomic E-state index is 13.2. The highest BCUT2D eigenvalue weighted by molar-refractivity contribution is 9.10. The van der Waals surface area contributed by atoms with E-state index in [1.165, 1.54) is 44.1 Å². The van der Waals surface area contributed by atoms with Crippen molar-refractivity contribution in [3.05, 3.63) is 34.1 Å². The van der Waals surface area contributed by atoms with Gasteiger partial charge in [0.1, 0.15) is 5.82 Å². The quantitative estimate of drug-likeness (QED) is 0.799. The van der Waals surface area contributed by atoms with Crippen molar-refractivity contribution in [1.82, 2.24) is 5.32 Å². The first-order chi connectivity index (χ1) is 9.15. The van der Waals surface area contributed by atoms with Crippen LogP contribution in [0, 0.1) is 11.2 Å². The summed E-state index contributed by atoms with van der Waals surface area (Å²) in [6.45, 7) is 1.10. The van der Waals surface area contributed by atoms with E-state index in [0.29, 0.717) is 9.89 Å². The van der Waals surface area contributed by atoms with E-state index in [0.717, 1.165) is 13.0 Å². The average molecular weight is 328 g/mol. The summed E-state index contributed by atoms with van der Waals surface area (Å²) in [6.07, 6.45) is 9.02. The van der Waals surface area contributed by atoms with Crippen LogP contribution in [0.25, 0.3) is 0 Å². The SMILES string of the molecule is CNCCC1(CCc2ccc(F)c(Br)c2)CCCC1. The number of aryl methyl sites for hydroxylation is 1. The third-order valence-electron chi connectivity index (χ3n) is 4.50. The molecule has 1 aliphatic rings. The molecule has 0 spiro atoms. The van der Waals surface area contributed by atoms with E-state index in [1.807, 2.05) is 19.2 Å². The molecule has 0 saturated heterocycles. The zero-order valence-corrected chi connectivity index (χ0v) is 13.2. The normalized spacial score (nSPS) is 17.8. The predicted octanol–water partition coefficient (Wildman–Crippen LogP) is 4.69. The number of benzene rings is 1. The molecular formula is C16H23BrFN. The molecule has 1 N–H and O–H groups in total. The van der Waals surface area contributed by atoms with Crippen molar-refractivity contribution >= 4 is 15.9 Å². The van der Waals surface area contributed by atoms with Gasteiger partial charge in [-0.05, 0) is 84.7 Å². The number of nitrogens with one attached hydrogen (secondary N) is 1. The van der Waals surface area contributed by atoms with Crippen molar-refractivity contribution in [3.63, 3.8) is 0 Å². The van der Waals surface area contributed by atoms with Crippen LogP contribution in [0.5, 0.6) is 0 Å². The average Bonchev–Trinajstić information content (AvgIpc) is 2.87. The van der Waals surface area contributed by atoms with Crippen LogP contribution < -0.4 is 5.32 Å². The Labute approximate surface area is 124 Å². The fourth-order valence-electron chi connectivity index (χ4n) is 3.24. The summed E-state index contributed by atoms with van der Waals surface area (Å²) < 4.78 is 13.8. The van der Waals surface area contributed by atoms with Gasteiger partial charge in [0.05, 0.1) is 4.47 Å². The maximum Gasteiger partial charge on any atom is 0.137 e. The lowest BCUT2D eigenvalue weighted by Gasteiger charge is -2.29. The van der Waals surface area contributed by atoms with Crippen LogP contribution in [-0.4, -0.2) is 13.6 Å². The first-order valence-electron chi connectivity index (χ1n) is 7.24. The minimum Gasteiger partial charge on any atom is -0.320 e. The van der Waals surface area contributed by atoms with E-state index in [2.05, 4.69) is 21.2 Å². The summed E-state index contributed by atoms with van der Waals surface area (Å²) in [6, 6.07) is 5.41. The molecule has 1 fully saturated rings. The monoisotopic (exact) mass is 327 g/mol. The van der Waals surface area contributed by atoms with Crippen LogP contribution in [0.3, 0.4) is 0 Å². The number of rotatable bonds is 6. The van der Waals surface area contributed by atoms with Crippen LogP contribution >= 0.6 is 15.9 Å². The van der Waals surface area contributed by atoms with Crippen LogP contribution in [0.2, 0.25) is 0 Å². The Kier molecular flexibility index (Phi) is 5.40. The Balaban J connectivity index is 1.96. The van der Waals surface area contributed by atoms with Gasteiger partial charge in [-0.1, -0.05) is 18.9 Å². The molecule has 2 rings (SSSR count). The Hall–Kier alpha value is -0.410. The highest BCUT2D eigenvalue weighted by Gasteiger charge is 2.32. The molecule has 1 aromatic rings. The molecule has 0 aromatic heterocycles. The minimum absolute atomic E-state index is 0.172. The van der Waals surface area contributed by atoms with E-state index in [9.17, 15) is 4.39 Å². The summed E-state index contributed by atoms with van der Waals surface area (Å²) >= 11 is 3.27. The van der Waals surface area contributed by atoms with E-state index < -0.39 is 0 Å². The lowest BCUT2D eigenvalue weighted by Crippen LogP contribution is -2.23. The topological polar surface area (TPSA) is 12.0 Å². The summed E-state index contributed by atoms with van der Waals surface area (Å²) in [4.78, 5) is 0. The molecule has 1 aromatic carbocycles. The van der Waals surface area contributed by atoms with Gasteiger partial charge in [0.2, 0.25) is 0 Å². The van der Waals surface area contributed by atoms with Gasteiger partial charge >= 0.3 is 0 Å². The number of halogens is 2. The van der Waals surface area contributed by atoms with Crippen molar-refractivity contribution in [2.24, 2.45) is 5.41 Å². The molecule has 0 bridgehead atoms. The molecule has 0 amide bonds. The second-order valence-corrected chi connectivity index (χ2v) is 6.66. The molecule has 0 aliphatic heterocycles. The van der Waals surface area contributed by atoms with Crippen LogP contribution in [0.1, 0.15) is 44.1 Å². The molecular weight excluding hydrogens is 305 g/mol. The second kappa shape index (κ2) is 6.85. The zero-order chi connectivity index (χ0) is 13.7. The third-order valence-corrected chi connectivity index (χ3v) is 5.11. The Morgan fingerprint density at radius 2 is 2.00 bits per heavy atom. The van der Waals surface area contributed by atoms with Crippen molar-refractivity contribution in [2.75, 3.05) is 13.6 Å². The predicted molar refractivity (Wildman–Crippen MR) is 81.9 cm³/mol. The highest BCUT2D eigenvalue weighted by atomic mass is 79.9. The largest absolute Gasteiger partial charge is 0.320 e. The minimum atomic E-state index is -0.172. The van der Waals surface area contributed by atoms with Crippen molar-refractivity contribution in [3.8, 4) is 0 Å². The smallest absolute Gasteiger partial charge is 0.137 e. The fourth-order valence-corrected chi connectivity index (χ4v) is 3.67. The molecule has 0 heterocycles. The Morgan fingerprint density at radius 1 is 1.26 bits per heavy atom. The van der Waals surface area contributed by atoms with Crippen molar-refractivity contribution in [2.45, 2.75) is 44.9 Å². The lowest BCUT2D eigenvalue weighted by atomic mass is 9.77. The summed E-state index contributed by atoms with van der Waals surface area (Å²) in [7, 11) is 2.03. The van der Waals surface area contributed by atoms with Gasteiger partial charge in [0, 0.05) is 0 Å². The lowest BCUT2D eigenvalue weighted by molar-refractivity contribution is 0.247. The van der Waals surface area contributed by atoms with Gasteiger partial charge in [0.15, 0.2) is 0 Å². The first kappa shape index (κ1) is 15.0. The van der Waals surface area contributed by atoms with Crippen LogP contribution in [-0.2, 0) is 6.42 Å². The Morgan fingerprint density at radius 3 is 2.63 bits per heavy atom. The molecule has 0 atom stereocenters. The van der Waals surface area contributed by atoms with E-state index in [4.69, 9.17) is 0 Å². The van der Waals surface area contributed by atoms with Gasteiger partial charge in [-0.3, -0.25) is 0 Å². The van der Waals surface area contributed by atoms with E-state index in [-0.39, 0.29) is 5.82 Å². The van der Waals surface area contributed by atoms with Gasteiger partial charge < -0.3 is 5.32 Å². The molecule has 0 radical (unpaired) electrons. The van der Waals surface area contributed by atoms with Crippen LogP contribution in [0.15, 0.2) is 22.7 Å².